The van der Waals surface area contributed by atoms with Crippen molar-refractivity contribution in [3.63, 3.8) is 0 Å². The molecule has 0 spiro atoms. The molecule has 0 N–H and O–H groups in total. The molecule has 2 heteroatoms. The topological polar surface area (TPSA) is 9.23 Å². The van der Waals surface area contributed by atoms with Crippen LogP contribution in [0.3, 0.4) is 0 Å². The highest BCUT2D eigenvalue weighted by atomic mass is 35.5. The van der Waals surface area contributed by atoms with Gasteiger partial charge in [-0.05, 0) is 27.7 Å². The summed E-state index contributed by atoms with van der Waals surface area (Å²) in [6.45, 7) is 9.53. The fourth-order valence-corrected chi connectivity index (χ4v) is 0.204. The van der Waals surface area contributed by atoms with E-state index in [0.717, 1.165) is 13.2 Å². The third-order valence-corrected chi connectivity index (χ3v) is 0.408. The molecule has 0 aliphatic heterocycles. The van der Waals surface area contributed by atoms with Crippen molar-refractivity contribution in [2.24, 2.45) is 0 Å². The first-order valence-corrected chi connectivity index (χ1v) is 3.80. The molecule has 0 radical (unpaired) electrons. The third-order valence-electron chi connectivity index (χ3n) is 0.408. The lowest BCUT2D eigenvalue weighted by molar-refractivity contribution is 0.162. The summed E-state index contributed by atoms with van der Waals surface area (Å²) >= 11 is 5.27. The minimum atomic E-state index is 0.306. The standard InChI is InChI=1S/C4H10O.C3H7Cl/c1-3-5-4-2;1-3(2)4/h3-4H2,1-2H3;3H,1-2H3. The Hall–Kier alpha value is 0.250. The van der Waals surface area contributed by atoms with Crippen LogP contribution in [0.15, 0.2) is 0 Å². The van der Waals surface area contributed by atoms with Gasteiger partial charge in [0.15, 0.2) is 0 Å². The van der Waals surface area contributed by atoms with E-state index < -0.39 is 0 Å². The zero-order chi connectivity index (χ0) is 7.70. The number of ether oxygens (including phenoxy) is 1. The minimum absolute atomic E-state index is 0.306. The van der Waals surface area contributed by atoms with Gasteiger partial charge in [0, 0.05) is 18.6 Å². The zero-order valence-corrected chi connectivity index (χ0v) is 7.53. The molecule has 0 aliphatic rings. The van der Waals surface area contributed by atoms with E-state index in [9.17, 15) is 0 Å². The van der Waals surface area contributed by atoms with E-state index in [1.54, 1.807) is 0 Å². The van der Waals surface area contributed by atoms with Crippen LogP contribution in [0.2, 0.25) is 0 Å². The summed E-state index contributed by atoms with van der Waals surface area (Å²) in [5, 5.41) is 0.306. The summed E-state index contributed by atoms with van der Waals surface area (Å²) in [5.41, 5.74) is 0. The number of hydrogen-bond acceptors (Lipinski definition) is 1. The first-order valence-electron chi connectivity index (χ1n) is 3.36. The number of halogens is 1. The molecule has 0 aromatic rings. The van der Waals surface area contributed by atoms with E-state index in [0.29, 0.717) is 5.38 Å². The first-order chi connectivity index (χ1) is 4.15. The van der Waals surface area contributed by atoms with Crippen LogP contribution in [0.4, 0.5) is 0 Å². The molecule has 1 nitrogen and oxygen atoms in total. The van der Waals surface area contributed by atoms with E-state index in [1.807, 2.05) is 27.7 Å². The number of rotatable bonds is 2. The third kappa shape index (κ3) is 63.7. The van der Waals surface area contributed by atoms with Gasteiger partial charge in [0.25, 0.3) is 0 Å². The van der Waals surface area contributed by atoms with E-state index in [2.05, 4.69) is 0 Å². The molecule has 0 atom stereocenters. The van der Waals surface area contributed by atoms with Crippen molar-refractivity contribution in [3.05, 3.63) is 0 Å². The van der Waals surface area contributed by atoms with E-state index in [4.69, 9.17) is 16.3 Å². The van der Waals surface area contributed by atoms with Crippen LogP contribution in [0, 0.1) is 0 Å². The van der Waals surface area contributed by atoms with Crippen LogP contribution in [0.5, 0.6) is 0 Å². The van der Waals surface area contributed by atoms with Crippen LogP contribution in [0.1, 0.15) is 27.7 Å². The predicted octanol–water partition coefficient (Wildman–Crippen LogP) is 2.68. The van der Waals surface area contributed by atoms with Crippen molar-refractivity contribution < 1.29 is 4.74 Å². The first kappa shape index (κ1) is 12.0. The maximum Gasteiger partial charge on any atom is 0.0437 e. The van der Waals surface area contributed by atoms with Gasteiger partial charge in [-0.15, -0.1) is 11.6 Å². The van der Waals surface area contributed by atoms with Gasteiger partial charge < -0.3 is 4.74 Å². The molecule has 0 saturated heterocycles. The van der Waals surface area contributed by atoms with Gasteiger partial charge in [0.1, 0.15) is 0 Å². The molecule has 0 heterocycles. The lowest BCUT2D eigenvalue weighted by atomic mass is 10.6. The van der Waals surface area contributed by atoms with Crippen LogP contribution in [-0.2, 0) is 4.74 Å². The Bertz CT molecular complexity index is 33.1. The highest BCUT2D eigenvalue weighted by Gasteiger charge is 1.71. The quantitative estimate of drug-likeness (QED) is 0.553. The van der Waals surface area contributed by atoms with E-state index in [1.165, 1.54) is 0 Å². The Morgan fingerprint density at radius 2 is 1.44 bits per heavy atom. The van der Waals surface area contributed by atoms with Gasteiger partial charge >= 0.3 is 0 Å². The summed E-state index contributed by atoms with van der Waals surface area (Å²) in [6, 6.07) is 0. The van der Waals surface area contributed by atoms with Crippen molar-refractivity contribution in [3.8, 4) is 0 Å². The molecule has 0 aromatic heterocycles. The Balaban J connectivity index is 0. The lowest BCUT2D eigenvalue weighted by Crippen LogP contribution is -1.84. The highest BCUT2D eigenvalue weighted by Crippen LogP contribution is 1.84. The fraction of sp³-hybridized carbons (Fsp3) is 1.00. The maximum atomic E-state index is 5.27. The van der Waals surface area contributed by atoms with Crippen LogP contribution in [0.25, 0.3) is 0 Å². The van der Waals surface area contributed by atoms with Crippen molar-refractivity contribution in [2.45, 2.75) is 33.1 Å². The molecule has 0 saturated carbocycles. The second kappa shape index (κ2) is 11.1. The second-order valence-corrected chi connectivity index (χ2v) is 2.67. The van der Waals surface area contributed by atoms with Gasteiger partial charge in [0.2, 0.25) is 0 Å². The molecule has 0 rings (SSSR count). The zero-order valence-electron chi connectivity index (χ0n) is 6.78. The van der Waals surface area contributed by atoms with Crippen molar-refractivity contribution in [2.75, 3.05) is 13.2 Å². The second-order valence-electron chi connectivity index (χ2n) is 1.80. The average Bonchev–Trinajstić information content (AvgIpc) is 1.66. The molecule has 0 fully saturated rings. The van der Waals surface area contributed by atoms with E-state index in [-0.39, 0.29) is 0 Å². The van der Waals surface area contributed by atoms with Crippen molar-refractivity contribution in [1.29, 1.82) is 0 Å². The number of hydrogen-bond donors (Lipinski definition) is 0. The van der Waals surface area contributed by atoms with Gasteiger partial charge in [-0.3, -0.25) is 0 Å². The minimum Gasteiger partial charge on any atom is -0.382 e. The molecule has 0 aromatic carbocycles. The fourth-order valence-electron chi connectivity index (χ4n) is 0.204. The summed E-state index contributed by atoms with van der Waals surface area (Å²) in [5.74, 6) is 0. The molecular weight excluding hydrogens is 136 g/mol. The molecule has 0 unspecified atom stereocenters. The maximum absolute atomic E-state index is 5.27. The number of alkyl halides is 1. The van der Waals surface area contributed by atoms with Crippen molar-refractivity contribution in [1.82, 2.24) is 0 Å². The summed E-state index contributed by atoms with van der Waals surface area (Å²) in [6.07, 6.45) is 0. The van der Waals surface area contributed by atoms with Crippen LogP contribution >= 0.6 is 11.6 Å². The normalized spacial score (nSPS) is 8.67. The lowest BCUT2D eigenvalue weighted by Gasteiger charge is -1.86. The van der Waals surface area contributed by atoms with Crippen LogP contribution in [-0.4, -0.2) is 18.6 Å². The summed E-state index contributed by atoms with van der Waals surface area (Å²) in [4.78, 5) is 0. The Kier molecular flexibility index (Phi) is 14.8. The molecule has 58 valence electrons. The molecule has 9 heavy (non-hydrogen) atoms. The molecule has 0 amide bonds. The van der Waals surface area contributed by atoms with E-state index >= 15 is 0 Å². The van der Waals surface area contributed by atoms with Gasteiger partial charge in [-0.25, -0.2) is 0 Å². The Labute approximate surface area is 63.4 Å². The van der Waals surface area contributed by atoms with Gasteiger partial charge in [-0.2, -0.15) is 0 Å². The Morgan fingerprint density at radius 1 is 1.22 bits per heavy atom. The largest absolute Gasteiger partial charge is 0.382 e. The highest BCUT2D eigenvalue weighted by molar-refractivity contribution is 6.20. The van der Waals surface area contributed by atoms with Crippen LogP contribution < -0.4 is 0 Å². The summed E-state index contributed by atoms with van der Waals surface area (Å²) < 4.78 is 4.83. The van der Waals surface area contributed by atoms with Gasteiger partial charge in [0.05, 0.1) is 0 Å². The van der Waals surface area contributed by atoms with Gasteiger partial charge in [-0.1, -0.05) is 0 Å². The summed E-state index contributed by atoms with van der Waals surface area (Å²) in [7, 11) is 0. The SMILES string of the molecule is CC(C)Cl.CCOCC. The van der Waals surface area contributed by atoms with Crippen molar-refractivity contribution >= 4 is 11.6 Å². The molecule has 0 bridgehead atoms. The molecule has 0 aliphatic carbocycles. The Morgan fingerprint density at radius 3 is 1.44 bits per heavy atom. The average molecular weight is 153 g/mol. The smallest absolute Gasteiger partial charge is 0.0437 e. The predicted molar refractivity (Wildman–Crippen MR) is 43.2 cm³/mol. The monoisotopic (exact) mass is 152 g/mol. The molecular formula is C7H17ClO.